The number of rotatable bonds is 7. The number of aliphatic hydroxyl groups excluding tert-OH is 1. The van der Waals surface area contributed by atoms with Crippen molar-refractivity contribution in [2.75, 3.05) is 39.8 Å². The van der Waals surface area contributed by atoms with Gasteiger partial charge in [-0.05, 0) is 68.0 Å². The number of hydrogen-bond donors (Lipinski definition) is 1. The van der Waals surface area contributed by atoms with Gasteiger partial charge >= 0.3 is 0 Å². The molecule has 1 amide bonds. The maximum absolute atomic E-state index is 13.9. The lowest BCUT2D eigenvalue weighted by Gasteiger charge is -2.42. The van der Waals surface area contributed by atoms with E-state index in [9.17, 15) is 9.90 Å². The van der Waals surface area contributed by atoms with E-state index in [0.717, 1.165) is 81.2 Å². The summed E-state index contributed by atoms with van der Waals surface area (Å²) < 4.78 is 5.31. The highest BCUT2D eigenvalue weighted by molar-refractivity contribution is 8.00. The van der Waals surface area contributed by atoms with Gasteiger partial charge in [-0.15, -0.1) is 11.8 Å². The smallest absolute Gasteiger partial charge is 0.239 e. The van der Waals surface area contributed by atoms with Crippen molar-refractivity contribution < 1.29 is 14.6 Å². The number of carbonyl (C=O) groups excluding carboxylic acids is 1. The summed E-state index contributed by atoms with van der Waals surface area (Å²) in [6, 6.07) is 16.5. The van der Waals surface area contributed by atoms with Crippen LogP contribution in [0.1, 0.15) is 37.7 Å². The highest BCUT2D eigenvalue weighted by atomic mass is 35.5. The van der Waals surface area contributed by atoms with Crippen LogP contribution in [-0.2, 0) is 11.3 Å². The lowest BCUT2D eigenvalue weighted by molar-refractivity contribution is -0.137. The molecule has 2 atom stereocenters. The van der Waals surface area contributed by atoms with E-state index < -0.39 is 0 Å². The summed E-state index contributed by atoms with van der Waals surface area (Å²) in [6.07, 6.45) is 4.46. The molecule has 37 heavy (non-hydrogen) atoms. The number of thioether (sulfide) groups is 1. The highest BCUT2D eigenvalue weighted by Crippen LogP contribution is 2.36. The van der Waals surface area contributed by atoms with Crippen molar-refractivity contribution in [2.45, 2.75) is 67.0 Å². The molecular weight excluding hydrogens is 506 g/mol. The predicted octanol–water partition coefficient (Wildman–Crippen LogP) is 4.53. The lowest BCUT2D eigenvalue weighted by Crippen LogP contribution is -2.52. The van der Waals surface area contributed by atoms with Crippen molar-refractivity contribution in [2.24, 2.45) is 0 Å². The van der Waals surface area contributed by atoms with Gasteiger partial charge < -0.3 is 19.6 Å². The van der Waals surface area contributed by atoms with Crippen molar-refractivity contribution in [1.82, 2.24) is 14.7 Å². The van der Waals surface area contributed by atoms with Crippen LogP contribution in [0.5, 0.6) is 5.75 Å². The van der Waals surface area contributed by atoms with Crippen molar-refractivity contribution in [3.63, 3.8) is 0 Å². The Balaban J connectivity index is 1.24. The summed E-state index contributed by atoms with van der Waals surface area (Å²) in [7, 11) is 1.68. The zero-order valence-electron chi connectivity index (χ0n) is 21.6. The van der Waals surface area contributed by atoms with Crippen LogP contribution in [0.4, 0.5) is 0 Å². The molecule has 0 saturated carbocycles. The molecule has 200 valence electrons. The molecule has 3 saturated heterocycles. The van der Waals surface area contributed by atoms with Gasteiger partial charge in [-0.2, -0.15) is 0 Å². The summed E-state index contributed by atoms with van der Waals surface area (Å²) in [5.41, 5.74) is 1.07. The van der Waals surface area contributed by atoms with Crippen LogP contribution >= 0.6 is 23.4 Å². The largest absolute Gasteiger partial charge is 0.497 e. The first-order valence-corrected chi connectivity index (χ1v) is 14.7. The molecule has 3 aliphatic heterocycles. The summed E-state index contributed by atoms with van der Waals surface area (Å²) in [5, 5.41) is 10.9. The Bertz CT molecular complexity index is 1040. The molecule has 1 N–H and O–H groups in total. The van der Waals surface area contributed by atoms with Crippen LogP contribution in [0.15, 0.2) is 53.4 Å². The van der Waals surface area contributed by atoms with Crippen LogP contribution in [0, 0.1) is 0 Å². The van der Waals surface area contributed by atoms with E-state index in [1.54, 1.807) is 7.11 Å². The molecule has 8 heteroatoms. The molecule has 2 aromatic carbocycles. The molecule has 0 radical (unpaired) electrons. The van der Waals surface area contributed by atoms with Gasteiger partial charge in [-0.25, -0.2) is 0 Å². The minimum absolute atomic E-state index is 0.131. The molecule has 0 unspecified atom stereocenters. The molecule has 2 aromatic rings. The second kappa shape index (κ2) is 12.4. The van der Waals surface area contributed by atoms with Gasteiger partial charge in [0, 0.05) is 60.5 Å². The van der Waals surface area contributed by atoms with Gasteiger partial charge in [0.15, 0.2) is 0 Å². The fraction of sp³-hybridized carbons (Fsp3) is 0.552. The summed E-state index contributed by atoms with van der Waals surface area (Å²) in [6.45, 7) is 5.11. The van der Waals surface area contributed by atoms with Gasteiger partial charge in [-0.3, -0.25) is 9.69 Å². The second-order valence-electron chi connectivity index (χ2n) is 10.5. The number of methoxy groups -OCH3 is 1. The number of likely N-dealkylation sites (tertiary alicyclic amines) is 3. The number of amides is 1. The zero-order valence-corrected chi connectivity index (χ0v) is 23.2. The van der Waals surface area contributed by atoms with Crippen molar-refractivity contribution in [3.05, 3.63) is 59.1 Å². The van der Waals surface area contributed by atoms with E-state index >= 15 is 0 Å². The summed E-state index contributed by atoms with van der Waals surface area (Å²) >= 11 is 8.36. The first kappa shape index (κ1) is 26.8. The van der Waals surface area contributed by atoms with Gasteiger partial charge in [0.05, 0.1) is 19.3 Å². The Morgan fingerprint density at radius 2 is 1.73 bits per heavy atom. The molecule has 3 heterocycles. The number of halogens is 1. The SMILES string of the molecule is COc1ccc(S[C@H]2C[C@@H](C(=O)N3CCC(N4CCC(O)CC4)CC3)N(Cc3ccccc3Cl)C2)cc1. The topological polar surface area (TPSA) is 56.3 Å². The van der Waals surface area contributed by atoms with E-state index in [1.165, 1.54) is 4.90 Å². The third kappa shape index (κ3) is 6.63. The fourth-order valence-electron chi connectivity index (χ4n) is 5.98. The number of piperidine rings is 2. The maximum Gasteiger partial charge on any atom is 0.239 e. The predicted molar refractivity (Wildman–Crippen MR) is 149 cm³/mol. The third-order valence-corrected chi connectivity index (χ3v) is 9.72. The van der Waals surface area contributed by atoms with Crippen LogP contribution in [0.3, 0.4) is 0 Å². The molecule has 0 bridgehead atoms. The van der Waals surface area contributed by atoms with E-state index in [4.69, 9.17) is 16.3 Å². The lowest BCUT2D eigenvalue weighted by atomic mass is 9.98. The van der Waals surface area contributed by atoms with Crippen molar-refractivity contribution >= 4 is 29.3 Å². The van der Waals surface area contributed by atoms with E-state index in [0.29, 0.717) is 17.8 Å². The molecule has 3 aliphatic rings. The monoisotopic (exact) mass is 543 g/mol. The Morgan fingerprint density at radius 1 is 1.03 bits per heavy atom. The summed E-state index contributed by atoms with van der Waals surface area (Å²) in [5.74, 6) is 1.12. The van der Waals surface area contributed by atoms with E-state index in [1.807, 2.05) is 42.1 Å². The van der Waals surface area contributed by atoms with Crippen molar-refractivity contribution in [1.29, 1.82) is 0 Å². The second-order valence-corrected chi connectivity index (χ2v) is 12.3. The highest BCUT2D eigenvalue weighted by Gasteiger charge is 2.40. The van der Waals surface area contributed by atoms with E-state index in [-0.39, 0.29) is 18.1 Å². The van der Waals surface area contributed by atoms with Crippen LogP contribution < -0.4 is 4.74 Å². The minimum atomic E-state index is -0.145. The maximum atomic E-state index is 13.9. The van der Waals surface area contributed by atoms with Gasteiger partial charge in [0.2, 0.25) is 5.91 Å². The van der Waals surface area contributed by atoms with Gasteiger partial charge in [-0.1, -0.05) is 29.8 Å². The molecule has 6 nitrogen and oxygen atoms in total. The number of benzene rings is 2. The van der Waals surface area contributed by atoms with E-state index in [2.05, 4.69) is 32.9 Å². The Morgan fingerprint density at radius 3 is 2.41 bits per heavy atom. The molecule has 0 aliphatic carbocycles. The Kier molecular flexibility index (Phi) is 8.98. The summed E-state index contributed by atoms with van der Waals surface area (Å²) in [4.78, 5) is 22.0. The normalized spacial score (nSPS) is 24.5. The number of aliphatic hydroxyl groups is 1. The average Bonchev–Trinajstić information content (AvgIpc) is 3.32. The van der Waals surface area contributed by atoms with Gasteiger partial charge in [0.1, 0.15) is 5.75 Å². The number of ether oxygens (including phenoxy) is 1. The number of carbonyl (C=O) groups is 1. The number of hydrogen-bond acceptors (Lipinski definition) is 6. The standard InChI is InChI=1S/C29H38ClN3O3S/c1-36-24-6-8-25(9-7-24)37-26-18-28(33(20-26)19-21-4-2-3-5-27(21)30)29(35)32-14-10-22(11-15-32)31-16-12-23(34)13-17-31/h2-9,22-23,26,28,34H,10-20H2,1H3/t26-,28-/m0/s1. The first-order valence-electron chi connectivity index (χ1n) is 13.5. The zero-order chi connectivity index (χ0) is 25.8. The quantitative estimate of drug-likeness (QED) is 0.554. The first-order chi connectivity index (χ1) is 18.0. The molecular formula is C29H38ClN3O3S. The van der Waals surface area contributed by atoms with Crippen LogP contribution in [-0.4, -0.2) is 89.0 Å². The van der Waals surface area contributed by atoms with Crippen molar-refractivity contribution in [3.8, 4) is 5.75 Å². The Labute approximate surface area is 229 Å². The molecule has 3 fully saturated rings. The fourth-order valence-corrected chi connectivity index (χ4v) is 7.40. The molecule has 0 aromatic heterocycles. The average molecular weight is 544 g/mol. The van der Waals surface area contributed by atoms with Gasteiger partial charge in [0.25, 0.3) is 0 Å². The molecule has 0 spiro atoms. The van der Waals surface area contributed by atoms with Crippen LogP contribution in [0.2, 0.25) is 5.02 Å². The minimum Gasteiger partial charge on any atom is -0.497 e. The van der Waals surface area contributed by atoms with Crippen LogP contribution in [0.25, 0.3) is 0 Å². The third-order valence-electron chi connectivity index (χ3n) is 8.14. The molecule has 5 rings (SSSR count). The Hall–Kier alpha value is -1.77. The number of nitrogens with zero attached hydrogens (tertiary/aromatic N) is 3.